The number of nitrogens with one attached hydrogen (secondary N) is 2. The summed E-state index contributed by atoms with van der Waals surface area (Å²) in [7, 11) is 0. The lowest BCUT2D eigenvalue weighted by Crippen LogP contribution is -2.15. The molecule has 2 N–H and O–H groups in total. The highest BCUT2D eigenvalue weighted by Gasteiger charge is 2.11. The quantitative estimate of drug-likeness (QED) is 0.732. The molecular weight excluding hydrogens is 272 g/mol. The van der Waals surface area contributed by atoms with E-state index in [9.17, 15) is 4.79 Å². The maximum Gasteiger partial charge on any atom is 0.228 e. The molecule has 3 aromatic rings. The van der Waals surface area contributed by atoms with Gasteiger partial charge in [0.15, 0.2) is 0 Å². The topological polar surface area (TPSA) is 44.9 Å². The monoisotopic (exact) mass is 292 g/mol. The molecule has 0 aliphatic rings. The second kappa shape index (κ2) is 6.06. The number of benzene rings is 2. The maximum atomic E-state index is 12.4. The smallest absolute Gasteiger partial charge is 0.228 e. The third kappa shape index (κ3) is 2.89. The lowest BCUT2D eigenvalue weighted by Gasteiger charge is -2.13. The molecule has 0 bridgehead atoms. The van der Waals surface area contributed by atoms with Crippen LogP contribution in [0.1, 0.15) is 30.9 Å². The number of rotatable bonds is 4. The van der Waals surface area contributed by atoms with Crippen LogP contribution in [0.2, 0.25) is 0 Å². The van der Waals surface area contributed by atoms with Crippen LogP contribution in [0, 0.1) is 0 Å². The number of carbonyl (C=O) groups is 1. The Morgan fingerprint density at radius 2 is 1.82 bits per heavy atom. The van der Waals surface area contributed by atoms with Crippen molar-refractivity contribution in [1.29, 1.82) is 0 Å². The molecule has 0 fully saturated rings. The van der Waals surface area contributed by atoms with E-state index < -0.39 is 0 Å². The van der Waals surface area contributed by atoms with Gasteiger partial charge in [0.25, 0.3) is 0 Å². The number of amides is 1. The predicted molar refractivity (Wildman–Crippen MR) is 91.2 cm³/mol. The molecular formula is C19H20N2O. The van der Waals surface area contributed by atoms with Crippen molar-refractivity contribution in [3.05, 3.63) is 65.9 Å². The molecule has 0 aliphatic carbocycles. The van der Waals surface area contributed by atoms with Gasteiger partial charge in [-0.1, -0.05) is 50.2 Å². The highest BCUT2D eigenvalue weighted by molar-refractivity contribution is 5.96. The van der Waals surface area contributed by atoms with Crippen molar-refractivity contribution >= 4 is 22.5 Å². The number of H-pyrrole nitrogens is 1. The Bertz CT molecular complexity index is 802. The number of hydrogen-bond acceptors (Lipinski definition) is 1. The third-order valence-corrected chi connectivity index (χ3v) is 3.88. The zero-order chi connectivity index (χ0) is 15.5. The van der Waals surface area contributed by atoms with Crippen LogP contribution >= 0.6 is 0 Å². The first-order valence-corrected chi connectivity index (χ1v) is 7.59. The summed E-state index contributed by atoms with van der Waals surface area (Å²) in [6.45, 7) is 4.26. The van der Waals surface area contributed by atoms with E-state index in [0.29, 0.717) is 12.3 Å². The first kappa shape index (κ1) is 14.4. The Morgan fingerprint density at radius 3 is 2.64 bits per heavy atom. The summed E-state index contributed by atoms with van der Waals surface area (Å²) in [5, 5.41) is 4.15. The van der Waals surface area contributed by atoms with Crippen molar-refractivity contribution in [3.8, 4) is 0 Å². The summed E-state index contributed by atoms with van der Waals surface area (Å²) >= 11 is 0. The zero-order valence-electron chi connectivity index (χ0n) is 12.9. The molecule has 1 amide bonds. The van der Waals surface area contributed by atoms with Crippen molar-refractivity contribution in [2.75, 3.05) is 5.32 Å². The molecule has 0 saturated heterocycles. The van der Waals surface area contributed by atoms with E-state index in [1.54, 1.807) is 0 Å². The van der Waals surface area contributed by atoms with Gasteiger partial charge in [0.1, 0.15) is 0 Å². The predicted octanol–water partition coefficient (Wildman–Crippen LogP) is 4.47. The van der Waals surface area contributed by atoms with E-state index in [4.69, 9.17) is 0 Å². The summed E-state index contributed by atoms with van der Waals surface area (Å²) in [4.78, 5) is 15.6. The van der Waals surface area contributed by atoms with E-state index >= 15 is 0 Å². The number of hydrogen-bond donors (Lipinski definition) is 2. The minimum absolute atomic E-state index is 0.0119. The second-order valence-corrected chi connectivity index (χ2v) is 5.83. The SMILES string of the molecule is CC(C)c1ccccc1NC(=O)Cc1c[nH]c2ccccc12. The molecule has 22 heavy (non-hydrogen) atoms. The first-order chi connectivity index (χ1) is 10.6. The molecule has 0 aliphatic heterocycles. The van der Waals surface area contributed by atoms with Crippen LogP contribution in [0.3, 0.4) is 0 Å². The highest BCUT2D eigenvalue weighted by Crippen LogP contribution is 2.24. The summed E-state index contributed by atoms with van der Waals surface area (Å²) in [5.41, 5.74) is 4.15. The largest absolute Gasteiger partial charge is 0.361 e. The van der Waals surface area contributed by atoms with Gasteiger partial charge in [0.05, 0.1) is 6.42 Å². The standard InChI is InChI=1S/C19H20N2O/c1-13(2)15-7-3-6-10-18(15)21-19(22)11-14-12-20-17-9-5-4-8-16(14)17/h3-10,12-13,20H,11H2,1-2H3,(H,21,22). The molecule has 0 saturated carbocycles. The molecule has 112 valence electrons. The lowest BCUT2D eigenvalue weighted by atomic mass is 10.0. The van der Waals surface area contributed by atoms with E-state index in [1.807, 2.05) is 48.7 Å². The Labute approximate surface area is 130 Å². The van der Waals surface area contributed by atoms with Crippen molar-refractivity contribution < 1.29 is 4.79 Å². The normalized spacial score (nSPS) is 11.0. The van der Waals surface area contributed by atoms with Crippen molar-refractivity contribution in [1.82, 2.24) is 4.98 Å². The number of aromatic nitrogens is 1. The number of aromatic amines is 1. The number of para-hydroxylation sites is 2. The fourth-order valence-corrected chi connectivity index (χ4v) is 2.76. The average molecular weight is 292 g/mol. The first-order valence-electron chi connectivity index (χ1n) is 7.59. The Morgan fingerprint density at radius 1 is 1.09 bits per heavy atom. The third-order valence-electron chi connectivity index (χ3n) is 3.88. The van der Waals surface area contributed by atoms with Gasteiger partial charge in [-0.05, 0) is 29.2 Å². The molecule has 1 heterocycles. The van der Waals surface area contributed by atoms with Gasteiger partial charge in [-0.15, -0.1) is 0 Å². The van der Waals surface area contributed by atoms with E-state index in [2.05, 4.69) is 30.2 Å². The van der Waals surface area contributed by atoms with Crippen molar-refractivity contribution in [2.45, 2.75) is 26.2 Å². The summed E-state index contributed by atoms with van der Waals surface area (Å²) in [5.74, 6) is 0.391. The van der Waals surface area contributed by atoms with Crippen LogP contribution in [0.15, 0.2) is 54.7 Å². The molecule has 0 spiro atoms. The second-order valence-electron chi connectivity index (χ2n) is 5.83. The van der Waals surface area contributed by atoms with Crippen LogP contribution in [0.4, 0.5) is 5.69 Å². The fraction of sp³-hybridized carbons (Fsp3) is 0.211. The van der Waals surface area contributed by atoms with E-state index in [-0.39, 0.29) is 5.91 Å². The zero-order valence-corrected chi connectivity index (χ0v) is 12.9. The Kier molecular flexibility index (Phi) is 3.96. The molecule has 3 heteroatoms. The van der Waals surface area contributed by atoms with Gasteiger partial charge in [-0.25, -0.2) is 0 Å². The summed E-state index contributed by atoms with van der Waals surface area (Å²) < 4.78 is 0. The van der Waals surface area contributed by atoms with Crippen LogP contribution < -0.4 is 5.32 Å². The van der Waals surface area contributed by atoms with Gasteiger partial charge in [-0.3, -0.25) is 4.79 Å². The highest BCUT2D eigenvalue weighted by atomic mass is 16.1. The minimum Gasteiger partial charge on any atom is -0.361 e. The van der Waals surface area contributed by atoms with E-state index in [0.717, 1.165) is 27.7 Å². The molecule has 0 unspecified atom stereocenters. The Hall–Kier alpha value is -2.55. The van der Waals surface area contributed by atoms with E-state index in [1.165, 1.54) is 0 Å². The van der Waals surface area contributed by atoms with Crippen LogP contribution in [0.25, 0.3) is 10.9 Å². The average Bonchev–Trinajstić information content (AvgIpc) is 2.91. The van der Waals surface area contributed by atoms with Gasteiger partial charge in [0.2, 0.25) is 5.91 Å². The molecule has 3 rings (SSSR count). The fourth-order valence-electron chi connectivity index (χ4n) is 2.76. The van der Waals surface area contributed by atoms with Gasteiger partial charge < -0.3 is 10.3 Å². The lowest BCUT2D eigenvalue weighted by molar-refractivity contribution is -0.115. The molecule has 2 aromatic carbocycles. The molecule has 1 aromatic heterocycles. The van der Waals surface area contributed by atoms with Crippen LogP contribution in [0.5, 0.6) is 0 Å². The number of anilines is 1. The Balaban J connectivity index is 1.79. The molecule has 0 atom stereocenters. The van der Waals surface area contributed by atoms with Gasteiger partial charge in [-0.2, -0.15) is 0 Å². The summed E-state index contributed by atoms with van der Waals surface area (Å²) in [6, 6.07) is 16.0. The van der Waals surface area contributed by atoms with Crippen molar-refractivity contribution in [2.24, 2.45) is 0 Å². The molecule has 3 nitrogen and oxygen atoms in total. The molecule has 0 radical (unpaired) electrons. The van der Waals surface area contributed by atoms with Gasteiger partial charge >= 0.3 is 0 Å². The van der Waals surface area contributed by atoms with Crippen molar-refractivity contribution in [3.63, 3.8) is 0 Å². The van der Waals surface area contributed by atoms with Crippen LogP contribution in [-0.2, 0) is 11.2 Å². The van der Waals surface area contributed by atoms with Gasteiger partial charge in [0, 0.05) is 22.8 Å². The number of fused-ring (bicyclic) bond motifs is 1. The minimum atomic E-state index is 0.0119. The maximum absolute atomic E-state index is 12.4. The number of carbonyl (C=O) groups excluding carboxylic acids is 1. The van der Waals surface area contributed by atoms with Crippen LogP contribution in [-0.4, -0.2) is 10.9 Å². The summed E-state index contributed by atoms with van der Waals surface area (Å²) in [6.07, 6.45) is 2.29.